The number of hydrogen-bond donors (Lipinski definition) is 22. The summed E-state index contributed by atoms with van der Waals surface area (Å²) in [6, 6.07) is -11.9. The second kappa shape index (κ2) is 55.4. The molecule has 0 bridgehead atoms. The number of aliphatic carboxylic acids is 2. The Kier molecular flexibility index (Phi) is 49.7. The number of rotatable bonds is 49. The van der Waals surface area contributed by atoms with Gasteiger partial charge in [0.1, 0.15) is 84.6 Å². The lowest BCUT2D eigenvalue weighted by Gasteiger charge is -2.33. The zero-order valence-electron chi connectivity index (χ0n) is 73.8. The van der Waals surface area contributed by atoms with Crippen LogP contribution < -0.4 is 80.6 Å². The highest BCUT2D eigenvalue weighted by atomic mass is 19.4. The summed E-state index contributed by atoms with van der Waals surface area (Å²) in [5.74, 6) is -21.3. The molecular weight excluding hydrogens is 1690 g/mol. The van der Waals surface area contributed by atoms with Crippen LogP contribution in [0.2, 0.25) is 0 Å². The number of imidazole rings is 1. The third-order valence-corrected chi connectivity index (χ3v) is 19.8. The Labute approximate surface area is 731 Å². The van der Waals surface area contributed by atoms with Gasteiger partial charge in [-0.3, -0.25) is 71.9 Å². The van der Waals surface area contributed by atoms with Crippen LogP contribution in [-0.4, -0.2) is 282 Å². The lowest BCUT2D eigenvalue weighted by Crippen LogP contribution is -2.62. The second-order valence-electron chi connectivity index (χ2n) is 32.8. The summed E-state index contributed by atoms with van der Waals surface area (Å²) in [5.41, 5.74) is 12.8. The number of hydrogen-bond acceptors (Lipinski definition) is 23. The number of carboxylic acids is 2. The first-order valence-electron chi connectivity index (χ1n) is 41.4. The van der Waals surface area contributed by atoms with Crippen molar-refractivity contribution in [2.75, 3.05) is 33.0 Å². The summed E-state index contributed by atoms with van der Waals surface area (Å²) < 4.78 is 63.5. The van der Waals surface area contributed by atoms with E-state index in [1.807, 2.05) is 32.0 Å². The molecule has 2 heterocycles. The Morgan fingerprint density at radius 1 is 0.441 bits per heavy atom. The molecule has 3 rings (SSSR count). The van der Waals surface area contributed by atoms with Gasteiger partial charge in [0.2, 0.25) is 88.6 Å². The van der Waals surface area contributed by atoms with Crippen LogP contribution in [0.3, 0.4) is 0 Å². The zero-order valence-corrected chi connectivity index (χ0v) is 73.8. The molecule has 2 aromatic rings. The van der Waals surface area contributed by atoms with Crippen LogP contribution in [0.15, 0.2) is 42.9 Å². The Hall–Kier alpha value is -11.2. The van der Waals surface area contributed by atoms with E-state index < -0.39 is 248 Å². The number of aliphatic hydroxyl groups is 4. The Balaban J connectivity index is 0.00000528. The maximum Gasteiger partial charge on any atom is 0.490 e. The summed E-state index contributed by atoms with van der Waals surface area (Å²) >= 11 is 0. The lowest BCUT2D eigenvalue weighted by atomic mass is 9.95. The maximum atomic E-state index is 14.9. The van der Waals surface area contributed by atoms with Gasteiger partial charge in [-0.25, -0.2) is 14.6 Å². The number of aromatic amines is 1. The number of amides is 15. The molecule has 15 amide bonds. The second-order valence-corrected chi connectivity index (χ2v) is 32.8. The third-order valence-electron chi connectivity index (χ3n) is 19.8. The first-order valence-corrected chi connectivity index (χ1v) is 41.4. The molecule has 127 heavy (non-hydrogen) atoms. The fourth-order valence-electron chi connectivity index (χ4n) is 12.4. The van der Waals surface area contributed by atoms with Crippen molar-refractivity contribution in [3.8, 4) is 0 Å². The number of carbonyl (C=O) groups is 17. The number of nitrogens with zero attached hydrogens (tertiary/aromatic N) is 2. The maximum absolute atomic E-state index is 14.9. The molecule has 0 saturated carbocycles. The molecule has 0 aliphatic carbocycles. The van der Waals surface area contributed by atoms with Gasteiger partial charge < -0.3 is 121 Å². The monoisotopic (exact) mass is 1820 g/mol. The van der Waals surface area contributed by atoms with Gasteiger partial charge in [0.05, 0.1) is 38.8 Å². The zero-order chi connectivity index (χ0) is 97.4. The number of aliphatic hydroxyl groups excluding tert-OH is 4. The molecule has 1 aromatic heterocycles. The molecular formula is C80H128F6N18O23. The number of nitrogens with one attached hydrogen (secondary N) is 14. The number of carbonyl (C=O) groups excluding carboxylic acids is 15. The Morgan fingerprint density at radius 2 is 0.780 bits per heavy atom. The predicted octanol–water partition coefficient (Wildman–Crippen LogP) is -2.51. The topological polar surface area (TPSA) is 652 Å². The van der Waals surface area contributed by atoms with E-state index in [-0.39, 0.29) is 81.6 Å². The van der Waals surface area contributed by atoms with Crippen LogP contribution in [0.4, 0.5) is 26.3 Å². The van der Waals surface area contributed by atoms with E-state index in [4.69, 9.17) is 31.3 Å². The highest BCUT2D eigenvalue weighted by Crippen LogP contribution is 2.24. The molecule has 1 saturated heterocycles. The van der Waals surface area contributed by atoms with Gasteiger partial charge in [-0.05, 0) is 98.9 Å². The van der Waals surface area contributed by atoms with E-state index in [0.29, 0.717) is 18.5 Å². The number of halogens is 6. The van der Waals surface area contributed by atoms with Crippen molar-refractivity contribution in [3.05, 3.63) is 54.1 Å². The van der Waals surface area contributed by atoms with Gasteiger partial charge in [0.15, 0.2) is 0 Å². The minimum Gasteiger partial charge on any atom is -0.475 e. The van der Waals surface area contributed by atoms with Gasteiger partial charge >= 0.3 is 24.3 Å². The number of benzene rings is 1. The van der Waals surface area contributed by atoms with Crippen LogP contribution in [0.5, 0.6) is 0 Å². The van der Waals surface area contributed by atoms with Gasteiger partial charge in [-0.2, -0.15) is 26.3 Å². The number of nitrogens with two attached hydrogens (primary N) is 2. The molecule has 0 radical (unpaired) electrons. The number of likely N-dealkylation sites (tertiary alicyclic amines) is 1. The van der Waals surface area contributed by atoms with Crippen LogP contribution in [0.25, 0.3) is 0 Å². The molecule has 1 aromatic carbocycles. The quantitative estimate of drug-likeness (QED) is 0.0304. The average molecular weight is 1820 g/mol. The Bertz CT molecular complexity index is 3920. The highest BCUT2D eigenvalue weighted by Gasteiger charge is 2.45. The van der Waals surface area contributed by atoms with Crippen molar-refractivity contribution in [2.24, 2.45) is 52.9 Å². The van der Waals surface area contributed by atoms with Crippen LogP contribution in [0.1, 0.15) is 166 Å². The predicted molar refractivity (Wildman–Crippen MR) is 442 cm³/mol. The summed E-state index contributed by atoms with van der Waals surface area (Å²) in [6.45, 7) is 21.7. The molecule has 1 fully saturated rings. The molecule has 41 nitrogen and oxygen atoms in total. The van der Waals surface area contributed by atoms with Crippen molar-refractivity contribution < 1.29 is 138 Å². The molecule has 1 aliphatic heterocycles. The first kappa shape index (κ1) is 114. The van der Waals surface area contributed by atoms with Crippen molar-refractivity contribution in [2.45, 2.75) is 271 Å². The summed E-state index contributed by atoms with van der Waals surface area (Å²) in [4.78, 5) is 234. The number of carboxylic acid groups (broad SMARTS) is 2. The van der Waals surface area contributed by atoms with Gasteiger partial charge in [0.25, 0.3) is 0 Å². The molecule has 0 spiro atoms. The first-order chi connectivity index (χ1) is 59.0. The number of H-pyrrole nitrogens is 1. The van der Waals surface area contributed by atoms with E-state index in [9.17, 15) is 119 Å². The minimum atomic E-state index is -5.08. The van der Waals surface area contributed by atoms with E-state index in [1.165, 1.54) is 24.3 Å². The van der Waals surface area contributed by atoms with E-state index in [1.54, 1.807) is 95.2 Å². The number of alkyl halides is 6. The van der Waals surface area contributed by atoms with Crippen molar-refractivity contribution in [1.82, 2.24) is 84.0 Å². The van der Waals surface area contributed by atoms with Crippen LogP contribution in [0, 0.1) is 41.4 Å². The highest BCUT2D eigenvalue weighted by molar-refractivity contribution is 6.01. The summed E-state index contributed by atoms with van der Waals surface area (Å²) in [6.07, 6.45) is -6.07. The Morgan fingerprint density at radius 3 is 1.17 bits per heavy atom. The van der Waals surface area contributed by atoms with Crippen LogP contribution >= 0.6 is 0 Å². The normalized spacial score (nSPS) is 16.5. The van der Waals surface area contributed by atoms with E-state index in [0.717, 1.165) is 5.56 Å². The van der Waals surface area contributed by atoms with Crippen molar-refractivity contribution in [3.63, 3.8) is 0 Å². The lowest BCUT2D eigenvalue weighted by molar-refractivity contribution is -0.193. The van der Waals surface area contributed by atoms with E-state index >= 15 is 0 Å². The third kappa shape index (κ3) is 40.5. The molecule has 24 N–H and O–H groups in total. The van der Waals surface area contributed by atoms with Gasteiger partial charge in [-0.1, -0.05) is 140 Å². The SMILES string of the molecule is CC[C@H](C)[C@H](NC(=O)[C@@H](NC(=O)[C@H](Cc1cnc[nH]1)NC(=O)[C@H]1CCCN1C(=O)[C@@H](NC(=O)[C@H](CC(C)C)NC(=O)[C@H](CO)NC(=O)[C@H](CC(C)C)NC(=O)[C@@H](N)Cc1ccccc1)[C@@H](C)CC)C(C)C)C(=O)N[C@@H](CO)C(=O)N[C@@H](C)C(=O)N[C@@H](CC(C)C)C(=O)N[C@@H](CO)C(=O)N[C@@H](CO)C(=O)N[C@@H](CC(C)C)C(N)=O.O=C(O)C(F)(F)F.O=C(O)C(F)(F)F. The summed E-state index contributed by atoms with van der Waals surface area (Å²) in [5, 5.41) is 88.3. The number of primary amides is 1. The minimum absolute atomic E-state index is 0.0387. The standard InChI is InChI=1S/C76H126N18O19.2C2HF3O2/c1-16-43(13)60(75(112)90-54(33-95)69(106)81-45(15)63(100)83-50(27-39(5)6)65(102)88-57(36-98)72(109)89-55(34-96)70(107)82-49(62(78)99)26-38(3)4)92-74(111)59(42(11)12)91-68(105)53(31-47-32-79-37-80-47)86-73(110)58-24-21-25-94(58)76(113)61(44(14)17-2)93-67(104)52(29-41(9)10)85-71(108)56(35-97)87-66(103)51(28-40(7)8)84-64(101)48(77)30-46-22-19-18-20-23-46;2*3-2(4,5)1(6)7/h18-20,22-23,32,37-45,48-61,95-98H,16-17,21,24-31,33-36,77H2,1-15H3,(H2,78,99)(H,79,80)(H,81,106)(H,82,107)(H,83,100)(H,84,101)(H,85,108)(H,86,110)(H,87,103)(H,88,102)(H,89,109)(H,90,112)(H,91,105)(H,92,111)(H,93,104);2*(H,6,7)/t43-,44-,45-,48-,49-,50-,51-,52-,53-,54-,55-,56-,57-,58+,59-,60-,61-;;/m0../s1. The van der Waals surface area contributed by atoms with Crippen LogP contribution in [-0.2, 0) is 94.3 Å². The van der Waals surface area contributed by atoms with Crippen molar-refractivity contribution in [1.29, 1.82) is 0 Å². The molecule has 718 valence electrons. The smallest absolute Gasteiger partial charge is 0.475 e. The summed E-state index contributed by atoms with van der Waals surface area (Å²) in [7, 11) is 0. The van der Waals surface area contributed by atoms with Crippen molar-refractivity contribution >= 4 is 101 Å². The molecule has 1 aliphatic rings. The molecule has 17 atom stereocenters. The largest absolute Gasteiger partial charge is 0.490 e. The number of aromatic nitrogens is 2. The average Bonchev–Trinajstić information content (AvgIpc) is 1.73. The fraction of sp³-hybridized carbons (Fsp3) is 0.675. The van der Waals surface area contributed by atoms with E-state index in [2.05, 4.69) is 79.1 Å². The fourth-order valence-corrected chi connectivity index (χ4v) is 12.4. The van der Waals surface area contributed by atoms with Gasteiger partial charge in [-0.15, -0.1) is 0 Å². The van der Waals surface area contributed by atoms with Gasteiger partial charge in [0, 0.05) is 24.9 Å². The molecule has 0 unspecified atom stereocenters. The molecule has 47 heteroatoms.